The quantitative estimate of drug-likeness (QED) is 0.759. The second-order valence-electron chi connectivity index (χ2n) is 3.39. The van der Waals surface area contributed by atoms with Crippen molar-refractivity contribution in [1.29, 1.82) is 0 Å². The van der Waals surface area contributed by atoms with E-state index in [1.165, 1.54) is 6.07 Å². The van der Waals surface area contributed by atoms with Gasteiger partial charge in [0.1, 0.15) is 5.82 Å². The van der Waals surface area contributed by atoms with Crippen LogP contribution >= 0.6 is 0 Å². The van der Waals surface area contributed by atoms with Crippen molar-refractivity contribution in [3.05, 3.63) is 59.7 Å². The van der Waals surface area contributed by atoms with Crippen molar-refractivity contribution in [3.8, 4) is 0 Å². The van der Waals surface area contributed by atoms with Crippen LogP contribution < -0.4 is 5.73 Å². The lowest BCUT2D eigenvalue weighted by Crippen LogP contribution is -1.95. The van der Waals surface area contributed by atoms with Gasteiger partial charge in [0.05, 0.1) is 0 Å². The highest BCUT2D eigenvalue weighted by atomic mass is 19.1. The summed E-state index contributed by atoms with van der Waals surface area (Å²) in [5.74, 6) is -0.265. The minimum atomic E-state index is -0.265. The lowest BCUT2D eigenvalue weighted by atomic mass is 10.1. The molecular formula is C12H11FN2. The molecule has 0 bridgehead atoms. The van der Waals surface area contributed by atoms with Gasteiger partial charge in [0, 0.05) is 24.5 Å². The van der Waals surface area contributed by atoms with E-state index >= 15 is 0 Å². The number of hydrogen-bond donors (Lipinski definition) is 1. The van der Waals surface area contributed by atoms with Crippen LogP contribution in [0, 0.1) is 5.82 Å². The molecule has 15 heavy (non-hydrogen) atoms. The Morgan fingerprint density at radius 3 is 2.80 bits per heavy atom. The van der Waals surface area contributed by atoms with Crippen LogP contribution in [0.1, 0.15) is 11.1 Å². The molecule has 1 aromatic heterocycles. The molecule has 0 aliphatic rings. The van der Waals surface area contributed by atoms with Gasteiger partial charge in [-0.3, -0.25) is 4.98 Å². The fraction of sp³-hybridized carbons (Fsp3) is 0.0833. The molecule has 0 spiro atoms. The molecule has 2 rings (SSSR count). The minimum absolute atomic E-state index is 0.265. The monoisotopic (exact) mass is 202 g/mol. The van der Waals surface area contributed by atoms with Crippen molar-refractivity contribution in [2.45, 2.75) is 6.42 Å². The number of halogens is 1. The van der Waals surface area contributed by atoms with Crippen LogP contribution in [0.2, 0.25) is 0 Å². The Kier molecular flexibility index (Phi) is 2.63. The van der Waals surface area contributed by atoms with E-state index in [2.05, 4.69) is 4.98 Å². The molecule has 0 saturated heterocycles. The number of nitrogens with two attached hydrogens (primary N) is 1. The van der Waals surface area contributed by atoms with Crippen molar-refractivity contribution < 1.29 is 4.39 Å². The van der Waals surface area contributed by atoms with Crippen molar-refractivity contribution >= 4 is 5.69 Å². The highest BCUT2D eigenvalue weighted by Crippen LogP contribution is 2.15. The molecule has 1 aromatic carbocycles. The third kappa shape index (κ3) is 2.31. The molecule has 0 fully saturated rings. The lowest BCUT2D eigenvalue weighted by Gasteiger charge is -2.03. The average molecular weight is 202 g/mol. The molecular weight excluding hydrogens is 191 g/mol. The van der Waals surface area contributed by atoms with Crippen molar-refractivity contribution in [2.24, 2.45) is 0 Å². The molecule has 2 N–H and O–H groups in total. The van der Waals surface area contributed by atoms with E-state index in [1.54, 1.807) is 24.5 Å². The highest BCUT2D eigenvalue weighted by molar-refractivity contribution is 5.41. The number of pyridine rings is 1. The zero-order chi connectivity index (χ0) is 10.7. The SMILES string of the molecule is Nc1ccc(Cc2cccnc2)c(F)c1. The maximum absolute atomic E-state index is 13.4. The van der Waals surface area contributed by atoms with Gasteiger partial charge >= 0.3 is 0 Å². The molecule has 0 aliphatic heterocycles. The average Bonchev–Trinajstić information content (AvgIpc) is 2.24. The van der Waals surface area contributed by atoms with Crippen LogP contribution in [-0.4, -0.2) is 4.98 Å². The van der Waals surface area contributed by atoms with E-state index in [9.17, 15) is 4.39 Å². The Morgan fingerprint density at radius 1 is 1.27 bits per heavy atom. The van der Waals surface area contributed by atoms with Crippen LogP contribution in [0.4, 0.5) is 10.1 Å². The zero-order valence-electron chi connectivity index (χ0n) is 8.15. The van der Waals surface area contributed by atoms with Gasteiger partial charge in [-0.2, -0.15) is 0 Å². The third-order valence-electron chi connectivity index (χ3n) is 2.19. The normalized spacial score (nSPS) is 10.2. The number of nitrogen functional groups attached to an aromatic ring is 1. The molecule has 0 aliphatic carbocycles. The first kappa shape index (κ1) is 9.65. The number of benzene rings is 1. The largest absolute Gasteiger partial charge is 0.399 e. The molecule has 0 saturated carbocycles. The second-order valence-corrected chi connectivity index (χ2v) is 3.39. The van der Waals surface area contributed by atoms with E-state index < -0.39 is 0 Å². The van der Waals surface area contributed by atoms with Crippen LogP contribution in [-0.2, 0) is 6.42 Å². The first-order chi connectivity index (χ1) is 7.25. The van der Waals surface area contributed by atoms with Gasteiger partial charge in [-0.05, 0) is 29.3 Å². The van der Waals surface area contributed by atoms with Crippen LogP contribution in [0.25, 0.3) is 0 Å². The van der Waals surface area contributed by atoms with Crippen molar-refractivity contribution in [3.63, 3.8) is 0 Å². The number of nitrogens with zero attached hydrogens (tertiary/aromatic N) is 1. The highest BCUT2D eigenvalue weighted by Gasteiger charge is 2.03. The zero-order valence-corrected chi connectivity index (χ0v) is 8.15. The van der Waals surface area contributed by atoms with Crippen LogP contribution in [0.5, 0.6) is 0 Å². The van der Waals surface area contributed by atoms with Crippen LogP contribution in [0.3, 0.4) is 0 Å². The van der Waals surface area contributed by atoms with Gasteiger partial charge in [0.2, 0.25) is 0 Å². The van der Waals surface area contributed by atoms with Gasteiger partial charge in [-0.15, -0.1) is 0 Å². The van der Waals surface area contributed by atoms with E-state index in [4.69, 9.17) is 5.73 Å². The molecule has 1 heterocycles. The Morgan fingerprint density at radius 2 is 2.13 bits per heavy atom. The molecule has 2 aromatic rings. The summed E-state index contributed by atoms with van der Waals surface area (Å²) in [6.45, 7) is 0. The topological polar surface area (TPSA) is 38.9 Å². The number of anilines is 1. The summed E-state index contributed by atoms with van der Waals surface area (Å²) in [7, 11) is 0. The number of aromatic nitrogens is 1. The maximum atomic E-state index is 13.4. The summed E-state index contributed by atoms with van der Waals surface area (Å²) in [5, 5.41) is 0. The van der Waals surface area contributed by atoms with E-state index in [-0.39, 0.29) is 5.82 Å². The number of hydrogen-bond acceptors (Lipinski definition) is 2. The predicted octanol–water partition coefficient (Wildman–Crippen LogP) is 2.39. The summed E-state index contributed by atoms with van der Waals surface area (Å²) in [6.07, 6.45) is 3.97. The number of rotatable bonds is 2. The predicted molar refractivity (Wildman–Crippen MR) is 57.9 cm³/mol. The molecule has 0 atom stereocenters. The molecule has 0 unspecified atom stereocenters. The third-order valence-corrected chi connectivity index (χ3v) is 2.19. The summed E-state index contributed by atoms with van der Waals surface area (Å²) in [6, 6.07) is 8.51. The first-order valence-corrected chi connectivity index (χ1v) is 4.68. The smallest absolute Gasteiger partial charge is 0.128 e. The van der Waals surface area contributed by atoms with Gasteiger partial charge in [-0.1, -0.05) is 12.1 Å². The first-order valence-electron chi connectivity index (χ1n) is 4.68. The van der Waals surface area contributed by atoms with E-state index in [0.717, 1.165) is 5.56 Å². The molecule has 76 valence electrons. The van der Waals surface area contributed by atoms with Crippen molar-refractivity contribution in [2.75, 3.05) is 5.73 Å². The fourth-order valence-corrected chi connectivity index (χ4v) is 1.43. The summed E-state index contributed by atoms with van der Waals surface area (Å²) >= 11 is 0. The Hall–Kier alpha value is -1.90. The molecule has 2 nitrogen and oxygen atoms in total. The summed E-state index contributed by atoms with van der Waals surface area (Å²) < 4.78 is 13.4. The van der Waals surface area contributed by atoms with Gasteiger partial charge < -0.3 is 5.73 Å². The summed E-state index contributed by atoms with van der Waals surface area (Å²) in [5.41, 5.74) is 7.54. The maximum Gasteiger partial charge on any atom is 0.128 e. The standard InChI is InChI=1S/C12H11FN2/c13-12-7-11(14)4-3-10(12)6-9-2-1-5-15-8-9/h1-5,7-8H,6,14H2. The Bertz CT molecular complexity index is 454. The van der Waals surface area contributed by atoms with E-state index in [0.29, 0.717) is 17.7 Å². The molecule has 3 heteroatoms. The van der Waals surface area contributed by atoms with Gasteiger partial charge in [-0.25, -0.2) is 4.39 Å². The Labute approximate surface area is 87.6 Å². The van der Waals surface area contributed by atoms with Gasteiger partial charge in [0.25, 0.3) is 0 Å². The summed E-state index contributed by atoms with van der Waals surface area (Å²) in [4.78, 5) is 3.98. The van der Waals surface area contributed by atoms with Gasteiger partial charge in [0.15, 0.2) is 0 Å². The molecule has 0 radical (unpaired) electrons. The second kappa shape index (κ2) is 4.09. The van der Waals surface area contributed by atoms with Crippen LogP contribution in [0.15, 0.2) is 42.7 Å². The lowest BCUT2D eigenvalue weighted by molar-refractivity contribution is 0.614. The van der Waals surface area contributed by atoms with Crippen molar-refractivity contribution in [1.82, 2.24) is 4.98 Å². The minimum Gasteiger partial charge on any atom is -0.399 e. The fourth-order valence-electron chi connectivity index (χ4n) is 1.43. The van der Waals surface area contributed by atoms with E-state index in [1.807, 2.05) is 12.1 Å². The Balaban J connectivity index is 2.25. The molecule has 0 amide bonds.